The number of carbonyl (C=O) groups excluding carboxylic acids is 1. The van der Waals surface area contributed by atoms with Gasteiger partial charge in [0, 0.05) is 13.0 Å². The van der Waals surface area contributed by atoms with Crippen molar-refractivity contribution in [2.75, 3.05) is 6.54 Å². The van der Waals surface area contributed by atoms with Crippen molar-refractivity contribution >= 4 is 11.9 Å². The van der Waals surface area contributed by atoms with Crippen LogP contribution in [0.15, 0.2) is 24.3 Å². The minimum Gasteiger partial charge on any atom is -0.481 e. The molecule has 0 heterocycles. The van der Waals surface area contributed by atoms with Crippen molar-refractivity contribution < 1.29 is 14.7 Å². The highest BCUT2D eigenvalue weighted by Gasteiger charge is 2.04. The maximum Gasteiger partial charge on any atom is 0.305 e. The van der Waals surface area contributed by atoms with Crippen molar-refractivity contribution in [2.45, 2.75) is 39.0 Å². The van der Waals surface area contributed by atoms with E-state index in [2.05, 4.69) is 31.3 Å². The van der Waals surface area contributed by atoms with Crippen LogP contribution in [0.4, 0.5) is 0 Å². The van der Waals surface area contributed by atoms with E-state index in [1.54, 1.807) is 0 Å². The summed E-state index contributed by atoms with van der Waals surface area (Å²) in [6.07, 6.45) is 1.03. The predicted molar refractivity (Wildman–Crippen MR) is 74.1 cm³/mol. The summed E-state index contributed by atoms with van der Waals surface area (Å²) in [5.74, 6) is -0.493. The lowest BCUT2D eigenvalue weighted by Gasteiger charge is -2.07. The SMILES string of the molecule is CC(C)c1ccc(CCC(=O)NCCC(=O)O)cc1. The second kappa shape index (κ2) is 7.56. The predicted octanol–water partition coefficient (Wildman–Crippen LogP) is 2.33. The number of amides is 1. The standard InChI is InChI=1S/C15H21NO3/c1-11(2)13-6-3-12(4-7-13)5-8-14(17)16-10-9-15(18)19/h3-4,6-7,11H,5,8-10H2,1-2H3,(H,16,17)(H,18,19). The second-order valence-corrected chi connectivity index (χ2v) is 4.89. The van der Waals surface area contributed by atoms with Gasteiger partial charge in [-0.1, -0.05) is 38.1 Å². The Kier molecular flexibility index (Phi) is 6.06. The molecule has 0 aromatic heterocycles. The summed E-state index contributed by atoms with van der Waals surface area (Å²) in [4.78, 5) is 21.8. The first-order chi connectivity index (χ1) is 8.99. The van der Waals surface area contributed by atoms with E-state index in [1.165, 1.54) is 5.56 Å². The van der Waals surface area contributed by atoms with E-state index < -0.39 is 5.97 Å². The average Bonchev–Trinajstić information content (AvgIpc) is 2.36. The molecule has 19 heavy (non-hydrogen) atoms. The highest BCUT2D eigenvalue weighted by molar-refractivity contribution is 5.77. The number of benzene rings is 1. The van der Waals surface area contributed by atoms with Gasteiger partial charge >= 0.3 is 5.97 Å². The fraction of sp³-hybridized carbons (Fsp3) is 0.467. The first kappa shape index (κ1) is 15.2. The van der Waals surface area contributed by atoms with Crippen LogP contribution in [0.2, 0.25) is 0 Å². The lowest BCUT2D eigenvalue weighted by molar-refractivity contribution is -0.136. The van der Waals surface area contributed by atoms with Crippen molar-refractivity contribution in [3.05, 3.63) is 35.4 Å². The molecule has 0 aliphatic carbocycles. The Morgan fingerprint density at radius 3 is 2.32 bits per heavy atom. The van der Waals surface area contributed by atoms with Gasteiger partial charge < -0.3 is 10.4 Å². The third-order valence-electron chi connectivity index (χ3n) is 2.95. The lowest BCUT2D eigenvalue weighted by Crippen LogP contribution is -2.26. The van der Waals surface area contributed by atoms with Crippen LogP contribution in [0.25, 0.3) is 0 Å². The molecule has 4 nitrogen and oxygen atoms in total. The van der Waals surface area contributed by atoms with Crippen molar-refractivity contribution in [1.82, 2.24) is 5.32 Å². The van der Waals surface area contributed by atoms with E-state index in [1.807, 2.05) is 12.1 Å². The van der Waals surface area contributed by atoms with Gasteiger partial charge in [-0.3, -0.25) is 9.59 Å². The molecule has 104 valence electrons. The van der Waals surface area contributed by atoms with Gasteiger partial charge in [0.25, 0.3) is 0 Å². The Labute approximate surface area is 113 Å². The van der Waals surface area contributed by atoms with Crippen molar-refractivity contribution in [1.29, 1.82) is 0 Å². The van der Waals surface area contributed by atoms with Gasteiger partial charge in [0.2, 0.25) is 5.91 Å². The molecule has 2 N–H and O–H groups in total. The Morgan fingerprint density at radius 2 is 1.79 bits per heavy atom. The molecule has 0 saturated carbocycles. The van der Waals surface area contributed by atoms with Crippen LogP contribution in [0.3, 0.4) is 0 Å². The summed E-state index contributed by atoms with van der Waals surface area (Å²) >= 11 is 0. The fourth-order valence-electron chi connectivity index (χ4n) is 1.72. The molecule has 0 unspecified atom stereocenters. The van der Waals surface area contributed by atoms with Gasteiger partial charge in [-0.05, 0) is 23.5 Å². The number of nitrogens with one attached hydrogen (secondary N) is 1. The maximum atomic E-state index is 11.5. The van der Waals surface area contributed by atoms with Crippen LogP contribution in [0, 0.1) is 0 Å². The normalized spacial score (nSPS) is 10.5. The molecule has 1 rings (SSSR count). The molecule has 0 radical (unpaired) electrons. The summed E-state index contributed by atoms with van der Waals surface area (Å²) < 4.78 is 0. The number of aliphatic carboxylic acids is 1. The van der Waals surface area contributed by atoms with Crippen LogP contribution >= 0.6 is 0 Å². The molecule has 4 heteroatoms. The molecule has 0 aliphatic rings. The van der Waals surface area contributed by atoms with Crippen LogP contribution in [-0.2, 0) is 16.0 Å². The van der Waals surface area contributed by atoms with Crippen LogP contribution < -0.4 is 5.32 Å². The van der Waals surface area contributed by atoms with Gasteiger partial charge in [0.15, 0.2) is 0 Å². The molecular formula is C15H21NO3. The molecule has 0 bridgehead atoms. The second-order valence-electron chi connectivity index (χ2n) is 4.89. The Morgan fingerprint density at radius 1 is 1.16 bits per heavy atom. The monoisotopic (exact) mass is 263 g/mol. The zero-order valence-electron chi connectivity index (χ0n) is 11.5. The summed E-state index contributed by atoms with van der Waals surface area (Å²) in [6.45, 7) is 4.48. The number of aryl methyl sites for hydroxylation is 1. The van der Waals surface area contributed by atoms with Crippen molar-refractivity contribution in [2.24, 2.45) is 0 Å². The molecule has 0 aliphatic heterocycles. The van der Waals surface area contributed by atoms with Gasteiger partial charge in [-0.15, -0.1) is 0 Å². The zero-order valence-corrected chi connectivity index (χ0v) is 11.5. The number of hydrogen-bond acceptors (Lipinski definition) is 2. The summed E-state index contributed by atoms with van der Waals surface area (Å²) in [5.41, 5.74) is 2.41. The molecule has 0 atom stereocenters. The third kappa shape index (κ3) is 6.04. The number of carbonyl (C=O) groups is 2. The Balaban J connectivity index is 2.31. The summed E-state index contributed by atoms with van der Waals surface area (Å²) in [6, 6.07) is 8.25. The fourth-order valence-corrected chi connectivity index (χ4v) is 1.72. The number of rotatable bonds is 7. The Hall–Kier alpha value is -1.84. The lowest BCUT2D eigenvalue weighted by atomic mass is 10.0. The molecule has 0 saturated heterocycles. The van der Waals surface area contributed by atoms with Crippen molar-refractivity contribution in [3.63, 3.8) is 0 Å². The number of carboxylic acids is 1. The molecule has 0 spiro atoms. The minimum absolute atomic E-state index is 0.0329. The third-order valence-corrected chi connectivity index (χ3v) is 2.95. The van der Waals surface area contributed by atoms with Gasteiger partial charge in [-0.25, -0.2) is 0 Å². The number of carboxylic acid groups (broad SMARTS) is 1. The van der Waals surface area contributed by atoms with E-state index in [9.17, 15) is 9.59 Å². The molecule has 1 amide bonds. The number of hydrogen-bond donors (Lipinski definition) is 2. The first-order valence-corrected chi connectivity index (χ1v) is 6.56. The highest BCUT2D eigenvalue weighted by atomic mass is 16.4. The maximum absolute atomic E-state index is 11.5. The van der Waals surface area contributed by atoms with E-state index in [4.69, 9.17) is 5.11 Å². The van der Waals surface area contributed by atoms with Crippen LogP contribution in [0.5, 0.6) is 0 Å². The average molecular weight is 263 g/mol. The molecule has 1 aromatic rings. The van der Waals surface area contributed by atoms with Gasteiger partial charge in [0.1, 0.15) is 0 Å². The largest absolute Gasteiger partial charge is 0.481 e. The molecule has 1 aromatic carbocycles. The first-order valence-electron chi connectivity index (χ1n) is 6.56. The van der Waals surface area contributed by atoms with Gasteiger partial charge in [0.05, 0.1) is 6.42 Å². The van der Waals surface area contributed by atoms with E-state index in [-0.39, 0.29) is 18.9 Å². The summed E-state index contributed by atoms with van der Waals surface area (Å²) in [5, 5.41) is 11.0. The van der Waals surface area contributed by atoms with E-state index >= 15 is 0 Å². The van der Waals surface area contributed by atoms with Crippen LogP contribution in [0.1, 0.15) is 43.7 Å². The van der Waals surface area contributed by atoms with E-state index in [0.717, 1.165) is 5.56 Å². The van der Waals surface area contributed by atoms with E-state index in [0.29, 0.717) is 18.8 Å². The summed E-state index contributed by atoms with van der Waals surface area (Å²) in [7, 11) is 0. The smallest absolute Gasteiger partial charge is 0.305 e. The quantitative estimate of drug-likeness (QED) is 0.793. The zero-order chi connectivity index (χ0) is 14.3. The highest BCUT2D eigenvalue weighted by Crippen LogP contribution is 2.15. The minimum atomic E-state index is -0.899. The topological polar surface area (TPSA) is 66.4 Å². The Bertz CT molecular complexity index is 424. The van der Waals surface area contributed by atoms with Crippen molar-refractivity contribution in [3.8, 4) is 0 Å². The molecule has 0 fully saturated rings. The van der Waals surface area contributed by atoms with Gasteiger partial charge in [-0.2, -0.15) is 0 Å². The molecular weight excluding hydrogens is 242 g/mol. The van der Waals surface area contributed by atoms with Crippen LogP contribution in [-0.4, -0.2) is 23.5 Å².